The molecule has 1 aromatic carbocycles. The normalized spacial score (nSPS) is 12.4. The summed E-state index contributed by atoms with van der Waals surface area (Å²) in [6, 6.07) is 4.84. The van der Waals surface area contributed by atoms with Crippen LogP contribution < -0.4 is 10.1 Å². The van der Waals surface area contributed by atoms with Crippen LogP contribution in [-0.4, -0.2) is 26.4 Å². The van der Waals surface area contributed by atoms with Crippen molar-refractivity contribution in [3.8, 4) is 5.75 Å². The Morgan fingerprint density at radius 1 is 1.26 bits per heavy atom. The summed E-state index contributed by atoms with van der Waals surface area (Å²) in [7, 11) is 0. The molecule has 0 heterocycles. The van der Waals surface area contributed by atoms with E-state index in [9.17, 15) is 4.39 Å². The van der Waals surface area contributed by atoms with Gasteiger partial charge in [0.15, 0.2) is 0 Å². The molecule has 0 spiro atoms. The first-order valence-corrected chi connectivity index (χ1v) is 6.92. The van der Waals surface area contributed by atoms with E-state index in [4.69, 9.17) is 9.47 Å². The van der Waals surface area contributed by atoms with E-state index in [1.54, 1.807) is 6.07 Å². The molecule has 0 aliphatic rings. The van der Waals surface area contributed by atoms with Crippen LogP contribution in [0.15, 0.2) is 18.2 Å². The van der Waals surface area contributed by atoms with Gasteiger partial charge in [-0.1, -0.05) is 13.0 Å². The van der Waals surface area contributed by atoms with Crippen LogP contribution in [0.3, 0.4) is 0 Å². The number of benzene rings is 1. The van der Waals surface area contributed by atoms with Crippen LogP contribution in [-0.2, 0) is 4.74 Å². The van der Waals surface area contributed by atoms with Crippen molar-refractivity contribution in [1.29, 1.82) is 0 Å². The maximum Gasteiger partial charge on any atom is 0.126 e. The predicted octanol–water partition coefficient (Wildman–Crippen LogP) is 3.30. The number of hydrogen-bond acceptors (Lipinski definition) is 3. The summed E-state index contributed by atoms with van der Waals surface area (Å²) in [5.74, 6) is 0.345. The van der Waals surface area contributed by atoms with Crippen LogP contribution in [0.1, 0.15) is 38.8 Å². The van der Waals surface area contributed by atoms with E-state index in [1.807, 2.05) is 20.8 Å². The van der Waals surface area contributed by atoms with Crippen molar-refractivity contribution >= 4 is 0 Å². The molecule has 0 radical (unpaired) electrons. The van der Waals surface area contributed by atoms with Crippen molar-refractivity contribution < 1.29 is 13.9 Å². The molecule has 0 aromatic heterocycles. The smallest absolute Gasteiger partial charge is 0.126 e. The SMILES string of the molecule is CCNC(C)c1ccc(F)cc1OCCCOCC. The van der Waals surface area contributed by atoms with E-state index < -0.39 is 0 Å². The van der Waals surface area contributed by atoms with Crippen molar-refractivity contribution in [1.82, 2.24) is 5.32 Å². The summed E-state index contributed by atoms with van der Waals surface area (Å²) in [5, 5.41) is 3.31. The molecule has 108 valence electrons. The highest BCUT2D eigenvalue weighted by atomic mass is 19.1. The maximum absolute atomic E-state index is 13.3. The van der Waals surface area contributed by atoms with Gasteiger partial charge in [0.1, 0.15) is 11.6 Å². The lowest BCUT2D eigenvalue weighted by Gasteiger charge is -2.17. The van der Waals surface area contributed by atoms with Gasteiger partial charge in [0, 0.05) is 37.3 Å². The van der Waals surface area contributed by atoms with E-state index in [0.717, 1.165) is 18.5 Å². The Kier molecular flexibility index (Phi) is 7.45. The van der Waals surface area contributed by atoms with Gasteiger partial charge in [-0.25, -0.2) is 4.39 Å². The molecule has 0 saturated heterocycles. The van der Waals surface area contributed by atoms with Gasteiger partial charge >= 0.3 is 0 Å². The zero-order chi connectivity index (χ0) is 14.1. The molecule has 1 unspecified atom stereocenters. The highest BCUT2D eigenvalue weighted by Crippen LogP contribution is 2.26. The van der Waals surface area contributed by atoms with E-state index >= 15 is 0 Å². The van der Waals surface area contributed by atoms with E-state index in [-0.39, 0.29) is 11.9 Å². The fourth-order valence-electron chi connectivity index (χ4n) is 1.89. The van der Waals surface area contributed by atoms with Crippen molar-refractivity contribution in [2.45, 2.75) is 33.2 Å². The molecule has 3 nitrogen and oxygen atoms in total. The molecule has 0 aliphatic heterocycles. The standard InChI is InChI=1S/C15H24FNO2/c1-4-17-12(3)14-8-7-13(16)11-15(14)19-10-6-9-18-5-2/h7-8,11-12,17H,4-6,9-10H2,1-3H3. The molecule has 1 N–H and O–H groups in total. The Morgan fingerprint density at radius 2 is 2.05 bits per heavy atom. The molecule has 0 amide bonds. The van der Waals surface area contributed by atoms with Crippen LogP contribution >= 0.6 is 0 Å². The average Bonchev–Trinajstić information content (AvgIpc) is 2.39. The van der Waals surface area contributed by atoms with E-state index in [0.29, 0.717) is 25.6 Å². The second-order valence-electron chi connectivity index (χ2n) is 4.36. The Labute approximate surface area is 115 Å². The summed E-state index contributed by atoms with van der Waals surface area (Å²) in [4.78, 5) is 0. The third kappa shape index (κ3) is 5.57. The Bertz CT molecular complexity index is 371. The van der Waals surface area contributed by atoms with Gasteiger partial charge in [-0.15, -0.1) is 0 Å². The molecule has 0 bridgehead atoms. The minimum atomic E-state index is -0.271. The molecule has 0 aliphatic carbocycles. The van der Waals surface area contributed by atoms with Crippen LogP contribution in [0.25, 0.3) is 0 Å². The average molecular weight is 269 g/mol. The third-order valence-corrected chi connectivity index (χ3v) is 2.85. The van der Waals surface area contributed by atoms with Gasteiger partial charge in [0.05, 0.1) is 6.61 Å². The highest BCUT2D eigenvalue weighted by molar-refractivity contribution is 5.36. The Morgan fingerprint density at radius 3 is 2.74 bits per heavy atom. The van der Waals surface area contributed by atoms with Crippen molar-refractivity contribution in [3.63, 3.8) is 0 Å². The molecule has 1 atom stereocenters. The maximum atomic E-state index is 13.3. The van der Waals surface area contributed by atoms with Crippen LogP contribution in [0, 0.1) is 5.82 Å². The highest BCUT2D eigenvalue weighted by Gasteiger charge is 2.11. The fraction of sp³-hybridized carbons (Fsp3) is 0.600. The predicted molar refractivity (Wildman–Crippen MR) is 75.1 cm³/mol. The van der Waals surface area contributed by atoms with Crippen molar-refractivity contribution in [3.05, 3.63) is 29.6 Å². The summed E-state index contributed by atoms with van der Waals surface area (Å²) in [6.45, 7) is 8.83. The van der Waals surface area contributed by atoms with Crippen molar-refractivity contribution in [2.75, 3.05) is 26.4 Å². The summed E-state index contributed by atoms with van der Waals surface area (Å²) in [6.07, 6.45) is 0.805. The lowest BCUT2D eigenvalue weighted by Crippen LogP contribution is -2.19. The summed E-state index contributed by atoms with van der Waals surface area (Å²) < 4.78 is 24.2. The molecule has 0 saturated carbocycles. The molecule has 19 heavy (non-hydrogen) atoms. The van der Waals surface area contributed by atoms with Gasteiger partial charge in [0.25, 0.3) is 0 Å². The summed E-state index contributed by atoms with van der Waals surface area (Å²) in [5.41, 5.74) is 0.986. The van der Waals surface area contributed by atoms with Crippen LogP contribution in [0.2, 0.25) is 0 Å². The Hall–Kier alpha value is -1.13. The van der Waals surface area contributed by atoms with Gasteiger partial charge < -0.3 is 14.8 Å². The van der Waals surface area contributed by atoms with Gasteiger partial charge in [-0.05, 0) is 26.5 Å². The zero-order valence-electron chi connectivity index (χ0n) is 12.0. The third-order valence-electron chi connectivity index (χ3n) is 2.85. The largest absolute Gasteiger partial charge is 0.493 e. The fourth-order valence-corrected chi connectivity index (χ4v) is 1.89. The minimum absolute atomic E-state index is 0.146. The van der Waals surface area contributed by atoms with E-state index in [1.165, 1.54) is 12.1 Å². The molecular formula is C15H24FNO2. The Balaban J connectivity index is 2.61. The van der Waals surface area contributed by atoms with Gasteiger partial charge in [-0.2, -0.15) is 0 Å². The number of nitrogens with one attached hydrogen (secondary N) is 1. The van der Waals surface area contributed by atoms with Gasteiger partial charge in [-0.3, -0.25) is 0 Å². The number of ether oxygens (including phenoxy) is 2. The molecule has 1 aromatic rings. The first-order valence-electron chi connectivity index (χ1n) is 6.92. The number of rotatable bonds is 9. The second-order valence-corrected chi connectivity index (χ2v) is 4.36. The zero-order valence-corrected chi connectivity index (χ0v) is 12.0. The molecule has 1 rings (SSSR count). The lowest BCUT2D eigenvalue weighted by atomic mass is 10.1. The monoisotopic (exact) mass is 269 g/mol. The summed E-state index contributed by atoms with van der Waals surface area (Å²) >= 11 is 0. The van der Waals surface area contributed by atoms with E-state index in [2.05, 4.69) is 5.32 Å². The van der Waals surface area contributed by atoms with Crippen molar-refractivity contribution in [2.24, 2.45) is 0 Å². The molecule has 0 fully saturated rings. The molecule has 4 heteroatoms. The van der Waals surface area contributed by atoms with Gasteiger partial charge in [0.2, 0.25) is 0 Å². The first kappa shape index (κ1) is 15.9. The topological polar surface area (TPSA) is 30.5 Å². The van der Waals surface area contributed by atoms with Crippen LogP contribution in [0.5, 0.6) is 5.75 Å². The number of halogens is 1. The molecular weight excluding hydrogens is 245 g/mol. The van der Waals surface area contributed by atoms with Crippen LogP contribution in [0.4, 0.5) is 4.39 Å². The number of hydrogen-bond donors (Lipinski definition) is 1. The quantitative estimate of drug-likeness (QED) is 0.698. The first-order chi connectivity index (χ1) is 9.19. The lowest BCUT2D eigenvalue weighted by molar-refractivity contribution is 0.130. The minimum Gasteiger partial charge on any atom is -0.493 e. The second kappa shape index (κ2) is 8.88.